The molecule has 0 bridgehead atoms. The van der Waals surface area contributed by atoms with Crippen molar-refractivity contribution in [2.24, 2.45) is 7.05 Å². The summed E-state index contributed by atoms with van der Waals surface area (Å²) in [4.78, 5) is 0. The molecular weight excluding hydrogens is 214 g/mol. The Bertz CT molecular complexity index is 530. The van der Waals surface area contributed by atoms with Gasteiger partial charge in [0.15, 0.2) is 5.82 Å². The van der Waals surface area contributed by atoms with Gasteiger partial charge in [-0.3, -0.25) is 4.68 Å². The average Bonchev–Trinajstić information content (AvgIpc) is 2.70. The fraction of sp³-hybridized carbons (Fsp3) is 0.462. The van der Waals surface area contributed by atoms with Crippen LogP contribution < -0.4 is 0 Å². The summed E-state index contributed by atoms with van der Waals surface area (Å²) in [6.45, 7) is 5.85. The van der Waals surface area contributed by atoms with Crippen LogP contribution in [0.15, 0.2) is 18.2 Å². The van der Waals surface area contributed by atoms with Gasteiger partial charge in [-0.15, -0.1) is 0 Å². The van der Waals surface area contributed by atoms with Crippen molar-refractivity contribution in [3.8, 4) is 5.82 Å². The van der Waals surface area contributed by atoms with Gasteiger partial charge in [0.25, 0.3) is 0 Å². The maximum Gasteiger partial charge on any atom is 0.159 e. The van der Waals surface area contributed by atoms with E-state index >= 15 is 0 Å². The van der Waals surface area contributed by atoms with E-state index in [9.17, 15) is 0 Å². The Kier molecular flexibility index (Phi) is 2.33. The Balaban J connectivity index is 2.04. The molecule has 0 aliphatic carbocycles. The molecule has 1 fully saturated rings. The molecule has 0 amide bonds. The predicted octanol–water partition coefficient (Wildman–Crippen LogP) is 1.94. The molecule has 2 aromatic heterocycles. The number of hydrogen-bond acceptors (Lipinski definition) is 2. The minimum absolute atomic E-state index is 0.512. The number of ether oxygens (including phenoxy) is 1. The van der Waals surface area contributed by atoms with Crippen LogP contribution in [0.2, 0.25) is 0 Å². The molecule has 0 spiro atoms. The highest BCUT2D eigenvalue weighted by molar-refractivity contribution is 5.34. The van der Waals surface area contributed by atoms with E-state index in [0.29, 0.717) is 5.92 Å². The van der Waals surface area contributed by atoms with Crippen molar-refractivity contribution in [3.05, 3.63) is 35.3 Å². The van der Waals surface area contributed by atoms with Crippen LogP contribution in [0.25, 0.3) is 5.82 Å². The second-order valence-electron chi connectivity index (χ2n) is 4.74. The van der Waals surface area contributed by atoms with Crippen molar-refractivity contribution in [3.63, 3.8) is 0 Å². The molecule has 90 valence electrons. The maximum atomic E-state index is 5.24. The Hall–Kier alpha value is -1.55. The molecule has 17 heavy (non-hydrogen) atoms. The molecule has 1 aliphatic rings. The summed E-state index contributed by atoms with van der Waals surface area (Å²) < 4.78 is 9.40. The first-order valence-corrected chi connectivity index (χ1v) is 5.94. The third-order valence-electron chi connectivity index (χ3n) is 3.46. The van der Waals surface area contributed by atoms with Gasteiger partial charge >= 0.3 is 0 Å². The summed E-state index contributed by atoms with van der Waals surface area (Å²) in [5, 5.41) is 4.60. The molecule has 0 atom stereocenters. The molecule has 4 heteroatoms. The lowest BCUT2D eigenvalue weighted by atomic mass is 10.0. The molecule has 2 aromatic rings. The molecule has 3 rings (SSSR count). The lowest BCUT2D eigenvalue weighted by Gasteiger charge is -2.25. The summed E-state index contributed by atoms with van der Waals surface area (Å²) in [5.41, 5.74) is 3.70. The summed E-state index contributed by atoms with van der Waals surface area (Å²) in [6.07, 6.45) is 0. The van der Waals surface area contributed by atoms with Gasteiger partial charge in [-0.2, -0.15) is 5.10 Å². The molecule has 0 saturated carbocycles. The Morgan fingerprint density at radius 3 is 2.41 bits per heavy atom. The third kappa shape index (κ3) is 1.60. The fourth-order valence-electron chi connectivity index (χ4n) is 2.39. The second-order valence-corrected chi connectivity index (χ2v) is 4.74. The highest BCUT2D eigenvalue weighted by atomic mass is 16.5. The summed E-state index contributed by atoms with van der Waals surface area (Å²) in [7, 11) is 2.01. The van der Waals surface area contributed by atoms with Crippen molar-refractivity contribution in [2.45, 2.75) is 19.8 Å². The highest BCUT2D eigenvalue weighted by Crippen LogP contribution is 2.26. The third-order valence-corrected chi connectivity index (χ3v) is 3.46. The second kappa shape index (κ2) is 3.74. The Labute approximate surface area is 101 Å². The van der Waals surface area contributed by atoms with Crippen LogP contribution in [0.4, 0.5) is 0 Å². The van der Waals surface area contributed by atoms with Crippen LogP contribution in [-0.4, -0.2) is 27.6 Å². The Morgan fingerprint density at radius 1 is 1.24 bits per heavy atom. The van der Waals surface area contributed by atoms with Crippen LogP contribution in [0.5, 0.6) is 0 Å². The van der Waals surface area contributed by atoms with Crippen molar-refractivity contribution >= 4 is 0 Å². The fourth-order valence-corrected chi connectivity index (χ4v) is 2.39. The molecule has 3 heterocycles. The predicted molar refractivity (Wildman–Crippen MR) is 65.6 cm³/mol. The van der Waals surface area contributed by atoms with Crippen LogP contribution in [0.3, 0.4) is 0 Å². The van der Waals surface area contributed by atoms with E-state index in [0.717, 1.165) is 19.0 Å². The summed E-state index contributed by atoms with van der Waals surface area (Å²) in [6, 6.07) is 6.42. The quantitative estimate of drug-likeness (QED) is 0.791. The van der Waals surface area contributed by atoms with Gasteiger partial charge < -0.3 is 9.30 Å². The van der Waals surface area contributed by atoms with Crippen LogP contribution in [-0.2, 0) is 11.8 Å². The first-order valence-electron chi connectivity index (χ1n) is 5.94. The monoisotopic (exact) mass is 231 g/mol. The number of aryl methyl sites for hydroxylation is 3. The number of hydrogen-bond donors (Lipinski definition) is 0. The normalized spacial score (nSPS) is 16.2. The molecule has 0 radical (unpaired) electrons. The highest BCUT2D eigenvalue weighted by Gasteiger charge is 2.25. The molecule has 0 aromatic carbocycles. The van der Waals surface area contributed by atoms with Gasteiger partial charge in [0.2, 0.25) is 0 Å². The molecule has 0 N–H and O–H groups in total. The molecule has 4 nitrogen and oxygen atoms in total. The van der Waals surface area contributed by atoms with E-state index in [1.807, 2.05) is 11.7 Å². The van der Waals surface area contributed by atoms with E-state index in [1.165, 1.54) is 17.1 Å². The summed E-state index contributed by atoms with van der Waals surface area (Å²) >= 11 is 0. The zero-order chi connectivity index (χ0) is 12.0. The minimum Gasteiger partial charge on any atom is -0.380 e. The van der Waals surface area contributed by atoms with E-state index < -0.39 is 0 Å². The maximum absolute atomic E-state index is 5.24. The molecule has 1 aliphatic heterocycles. The smallest absolute Gasteiger partial charge is 0.159 e. The molecule has 0 unspecified atom stereocenters. The average molecular weight is 231 g/mol. The summed E-state index contributed by atoms with van der Waals surface area (Å²) in [5.74, 6) is 1.52. The van der Waals surface area contributed by atoms with Crippen LogP contribution >= 0.6 is 0 Å². The number of nitrogens with zero attached hydrogens (tertiary/aromatic N) is 3. The van der Waals surface area contributed by atoms with E-state index in [4.69, 9.17) is 4.74 Å². The van der Waals surface area contributed by atoms with Crippen molar-refractivity contribution in [1.82, 2.24) is 14.3 Å². The largest absolute Gasteiger partial charge is 0.380 e. The van der Waals surface area contributed by atoms with E-state index in [-0.39, 0.29) is 0 Å². The zero-order valence-corrected chi connectivity index (χ0v) is 10.5. The number of rotatable bonds is 2. The first kappa shape index (κ1) is 10.6. The van der Waals surface area contributed by atoms with Gasteiger partial charge in [0.1, 0.15) is 0 Å². The van der Waals surface area contributed by atoms with Crippen molar-refractivity contribution < 1.29 is 4.74 Å². The topological polar surface area (TPSA) is 32.0 Å². The Morgan fingerprint density at radius 2 is 1.88 bits per heavy atom. The lowest BCUT2D eigenvalue weighted by molar-refractivity contribution is 0.00523. The SMILES string of the molecule is Cc1ccc(C)n1-c1cc(C2COC2)n(C)n1. The van der Waals surface area contributed by atoms with Gasteiger partial charge in [0.05, 0.1) is 13.2 Å². The minimum atomic E-state index is 0.512. The van der Waals surface area contributed by atoms with Crippen LogP contribution in [0.1, 0.15) is 23.0 Å². The number of aromatic nitrogens is 3. The first-order chi connectivity index (χ1) is 8.16. The van der Waals surface area contributed by atoms with Crippen molar-refractivity contribution in [2.75, 3.05) is 13.2 Å². The standard InChI is InChI=1S/C13H17N3O/c1-9-4-5-10(2)16(9)13-6-12(15(3)14-13)11-7-17-8-11/h4-6,11H,7-8H2,1-3H3. The van der Waals surface area contributed by atoms with Gasteiger partial charge in [0, 0.05) is 36.1 Å². The van der Waals surface area contributed by atoms with E-state index in [1.54, 1.807) is 0 Å². The van der Waals surface area contributed by atoms with Crippen LogP contribution in [0, 0.1) is 13.8 Å². The van der Waals surface area contributed by atoms with Gasteiger partial charge in [-0.05, 0) is 26.0 Å². The van der Waals surface area contributed by atoms with Gasteiger partial charge in [-0.1, -0.05) is 0 Å². The van der Waals surface area contributed by atoms with Gasteiger partial charge in [-0.25, -0.2) is 0 Å². The molecule has 1 saturated heterocycles. The lowest BCUT2D eigenvalue weighted by Crippen LogP contribution is -2.27. The zero-order valence-electron chi connectivity index (χ0n) is 10.5. The van der Waals surface area contributed by atoms with Crippen molar-refractivity contribution in [1.29, 1.82) is 0 Å². The van der Waals surface area contributed by atoms with E-state index in [2.05, 4.69) is 41.7 Å². The molecular formula is C13H17N3O.